The highest BCUT2D eigenvalue weighted by Crippen LogP contribution is 2.48. The van der Waals surface area contributed by atoms with Crippen molar-refractivity contribution in [2.24, 2.45) is 0 Å². The standard InChI is InChI=1S/C26H18Cl2F6N2O2/c1-12(2)19-11-35-22-4-3-17(10-18(19)22)38-23-20(25(29,30)31)8-16(9-21(23)26(32,33)34)36-24(37)13-5-14(27)7-15(28)6-13/h3-12,35H,1-2H3,(H,36,37). The zero-order valence-electron chi connectivity index (χ0n) is 19.6. The van der Waals surface area contributed by atoms with Crippen molar-refractivity contribution in [1.29, 1.82) is 0 Å². The number of amides is 1. The summed E-state index contributed by atoms with van der Waals surface area (Å²) in [7, 11) is 0. The molecular weight excluding hydrogens is 557 g/mol. The maximum Gasteiger partial charge on any atom is 0.420 e. The van der Waals surface area contributed by atoms with Crippen LogP contribution >= 0.6 is 23.2 Å². The number of alkyl halides is 6. The van der Waals surface area contributed by atoms with E-state index in [4.69, 9.17) is 27.9 Å². The Hall–Kier alpha value is -3.37. The van der Waals surface area contributed by atoms with Crippen molar-refractivity contribution < 1.29 is 35.9 Å². The van der Waals surface area contributed by atoms with Gasteiger partial charge in [0.25, 0.3) is 5.91 Å². The van der Waals surface area contributed by atoms with Crippen LogP contribution < -0.4 is 10.1 Å². The van der Waals surface area contributed by atoms with E-state index in [1.54, 1.807) is 6.20 Å². The molecule has 0 radical (unpaired) electrons. The third-order valence-corrected chi connectivity index (χ3v) is 6.05. The normalized spacial score (nSPS) is 12.3. The number of anilines is 1. The number of benzene rings is 3. The molecule has 2 N–H and O–H groups in total. The Kier molecular flexibility index (Phi) is 7.33. The Morgan fingerprint density at radius 3 is 2.00 bits per heavy atom. The van der Waals surface area contributed by atoms with Gasteiger partial charge in [-0.2, -0.15) is 26.3 Å². The van der Waals surface area contributed by atoms with E-state index in [0.717, 1.165) is 17.7 Å². The first kappa shape index (κ1) is 27.7. The smallest absolute Gasteiger partial charge is 0.420 e. The number of halogens is 8. The molecule has 4 aromatic rings. The Morgan fingerprint density at radius 1 is 0.895 bits per heavy atom. The topological polar surface area (TPSA) is 54.1 Å². The third-order valence-electron chi connectivity index (χ3n) is 5.61. The molecule has 0 aliphatic rings. The van der Waals surface area contributed by atoms with Crippen molar-refractivity contribution in [2.75, 3.05) is 5.32 Å². The van der Waals surface area contributed by atoms with Crippen molar-refractivity contribution in [3.63, 3.8) is 0 Å². The van der Waals surface area contributed by atoms with Crippen LogP contribution in [0, 0.1) is 0 Å². The van der Waals surface area contributed by atoms with E-state index in [0.29, 0.717) is 23.0 Å². The number of H-pyrrole nitrogens is 1. The molecule has 1 heterocycles. The second-order valence-electron chi connectivity index (χ2n) is 8.72. The summed E-state index contributed by atoms with van der Waals surface area (Å²) in [5.41, 5.74) is -2.88. The zero-order chi connectivity index (χ0) is 28.0. The number of hydrogen-bond donors (Lipinski definition) is 2. The molecule has 0 aliphatic carbocycles. The average molecular weight is 575 g/mol. The monoisotopic (exact) mass is 574 g/mol. The molecule has 0 spiro atoms. The Labute approximate surface area is 222 Å². The molecule has 0 bridgehead atoms. The Morgan fingerprint density at radius 2 is 1.47 bits per heavy atom. The lowest BCUT2D eigenvalue weighted by Gasteiger charge is -2.21. The van der Waals surface area contributed by atoms with Crippen LogP contribution in [0.15, 0.2) is 54.7 Å². The van der Waals surface area contributed by atoms with Crippen LogP contribution in [-0.2, 0) is 12.4 Å². The van der Waals surface area contributed by atoms with Crippen LogP contribution in [0.1, 0.15) is 46.8 Å². The number of nitrogens with one attached hydrogen (secondary N) is 2. The van der Waals surface area contributed by atoms with Gasteiger partial charge in [0.1, 0.15) is 16.9 Å². The first-order chi connectivity index (χ1) is 17.6. The number of carbonyl (C=O) groups excluding carboxylic acids is 1. The van der Waals surface area contributed by atoms with Crippen molar-refractivity contribution in [2.45, 2.75) is 32.1 Å². The lowest BCUT2D eigenvalue weighted by Crippen LogP contribution is -2.17. The fourth-order valence-electron chi connectivity index (χ4n) is 3.90. The number of fused-ring (bicyclic) bond motifs is 1. The molecule has 1 amide bonds. The molecule has 0 unspecified atom stereocenters. The molecule has 38 heavy (non-hydrogen) atoms. The van der Waals surface area contributed by atoms with E-state index in [1.807, 2.05) is 13.8 Å². The molecule has 0 saturated carbocycles. The van der Waals surface area contributed by atoms with E-state index in [9.17, 15) is 31.1 Å². The fraction of sp³-hybridized carbons (Fsp3) is 0.192. The van der Waals surface area contributed by atoms with Crippen molar-refractivity contribution in [3.05, 3.63) is 87.0 Å². The largest absolute Gasteiger partial charge is 0.456 e. The van der Waals surface area contributed by atoms with Crippen LogP contribution in [0.2, 0.25) is 10.0 Å². The number of carbonyl (C=O) groups is 1. The van der Waals surface area contributed by atoms with Crippen LogP contribution in [-0.4, -0.2) is 10.9 Å². The first-order valence-corrected chi connectivity index (χ1v) is 11.8. The summed E-state index contributed by atoms with van der Waals surface area (Å²) < 4.78 is 89.5. The second kappa shape index (κ2) is 10.1. The summed E-state index contributed by atoms with van der Waals surface area (Å²) in [6.45, 7) is 3.79. The highest BCUT2D eigenvalue weighted by Gasteiger charge is 2.43. The molecule has 4 rings (SSSR count). The van der Waals surface area contributed by atoms with E-state index in [2.05, 4.69) is 10.3 Å². The molecule has 0 saturated heterocycles. The Bertz CT molecular complexity index is 1470. The maximum absolute atomic E-state index is 14.0. The predicted octanol–water partition coefficient (Wildman–Crippen LogP) is 9.68. The summed E-state index contributed by atoms with van der Waals surface area (Å²) in [6, 6.07) is 8.54. The maximum atomic E-state index is 14.0. The molecule has 0 aliphatic heterocycles. The minimum Gasteiger partial charge on any atom is -0.456 e. The van der Waals surface area contributed by atoms with Crippen LogP contribution in [0.4, 0.5) is 32.0 Å². The second-order valence-corrected chi connectivity index (χ2v) is 9.59. The van der Waals surface area contributed by atoms with Gasteiger partial charge in [-0.25, -0.2) is 0 Å². The summed E-state index contributed by atoms with van der Waals surface area (Å²) in [4.78, 5) is 15.6. The van der Waals surface area contributed by atoms with Gasteiger partial charge in [-0.3, -0.25) is 4.79 Å². The third kappa shape index (κ3) is 5.86. The highest BCUT2D eigenvalue weighted by atomic mass is 35.5. The summed E-state index contributed by atoms with van der Waals surface area (Å²) in [5.74, 6) is -2.63. The summed E-state index contributed by atoms with van der Waals surface area (Å²) >= 11 is 11.7. The summed E-state index contributed by atoms with van der Waals surface area (Å²) in [6.07, 6.45) is -8.79. The number of ether oxygens (including phenoxy) is 1. The van der Waals surface area contributed by atoms with E-state index in [1.165, 1.54) is 24.3 Å². The van der Waals surface area contributed by atoms with Crippen molar-refractivity contribution >= 4 is 45.7 Å². The number of rotatable bonds is 5. The van der Waals surface area contributed by atoms with E-state index < -0.39 is 40.8 Å². The molecule has 3 aromatic carbocycles. The minimum absolute atomic E-state index is 0.0349. The van der Waals surface area contributed by atoms with Crippen molar-refractivity contribution in [1.82, 2.24) is 4.98 Å². The summed E-state index contributed by atoms with van der Waals surface area (Å²) in [5, 5.41) is 2.76. The van der Waals surface area contributed by atoms with Crippen LogP contribution in [0.25, 0.3) is 10.9 Å². The lowest BCUT2D eigenvalue weighted by atomic mass is 10.0. The molecule has 1 aromatic heterocycles. The number of aromatic amines is 1. The van der Waals surface area contributed by atoms with Crippen LogP contribution in [0.3, 0.4) is 0 Å². The number of aromatic nitrogens is 1. The zero-order valence-corrected chi connectivity index (χ0v) is 21.1. The van der Waals surface area contributed by atoms with Gasteiger partial charge >= 0.3 is 12.4 Å². The minimum atomic E-state index is -5.25. The molecular formula is C26H18Cl2F6N2O2. The van der Waals surface area contributed by atoms with Gasteiger partial charge < -0.3 is 15.0 Å². The van der Waals surface area contributed by atoms with Gasteiger partial charge in [0.05, 0.1) is 0 Å². The van der Waals surface area contributed by atoms with E-state index >= 15 is 0 Å². The van der Waals surface area contributed by atoms with Gasteiger partial charge in [0, 0.05) is 38.4 Å². The number of hydrogen-bond acceptors (Lipinski definition) is 2. The SMILES string of the molecule is CC(C)c1c[nH]c2ccc(Oc3c(C(F)(F)F)cc(NC(=O)c4cc(Cl)cc(Cl)c4)cc3C(F)(F)F)cc12. The highest BCUT2D eigenvalue weighted by molar-refractivity contribution is 6.35. The molecule has 0 atom stereocenters. The van der Waals surface area contributed by atoms with Crippen molar-refractivity contribution in [3.8, 4) is 11.5 Å². The molecule has 12 heteroatoms. The molecule has 4 nitrogen and oxygen atoms in total. The molecule has 0 fully saturated rings. The van der Waals surface area contributed by atoms with Crippen LogP contribution in [0.5, 0.6) is 11.5 Å². The van der Waals surface area contributed by atoms with Gasteiger partial charge in [-0.1, -0.05) is 37.0 Å². The average Bonchev–Trinajstić information content (AvgIpc) is 3.21. The van der Waals surface area contributed by atoms with Gasteiger partial charge in [-0.05, 0) is 60.0 Å². The van der Waals surface area contributed by atoms with Gasteiger partial charge in [0.2, 0.25) is 0 Å². The van der Waals surface area contributed by atoms with E-state index in [-0.39, 0.29) is 27.3 Å². The predicted molar refractivity (Wildman–Crippen MR) is 133 cm³/mol. The Balaban J connectivity index is 1.82. The quantitative estimate of drug-likeness (QED) is 0.233. The molecule has 200 valence electrons. The fourth-order valence-corrected chi connectivity index (χ4v) is 4.43. The van der Waals surface area contributed by atoms with Gasteiger partial charge in [0.15, 0.2) is 5.75 Å². The van der Waals surface area contributed by atoms with Gasteiger partial charge in [-0.15, -0.1) is 0 Å². The lowest BCUT2D eigenvalue weighted by molar-refractivity contribution is -0.144. The first-order valence-electron chi connectivity index (χ1n) is 11.0.